The summed E-state index contributed by atoms with van der Waals surface area (Å²) in [6.45, 7) is 4.66. The number of nitrogens with one attached hydrogen (secondary N) is 1. The van der Waals surface area contributed by atoms with E-state index in [-0.39, 0.29) is 11.5 Å². The number of amides is 1. The lowest BCUT2D eigenvalue weighted by molar-refractivity contribution is -0.0290. The largest absolute Gasteiger partial charge is 0.496 e. The van der Waals surface area contributed by atoms with E-state index in [1.165, 1.54) is 18.4 Å². The first-order valence-corrected chi connectivity index (χ1v) is 8.39. The first kappa shape index (κ1) is 16.2. The molecule has 0 fully saturated rings. The van der Waals surface area contributed by atoms with E-state index in [4.69, 9.17) is 21.1 Å². The molecular formula is C16H17ClN2O3S. The van der Waals surface area contributed by atoms with Gasteiger partial charge in [0.05, 0.1) is 35.5 Å². The van der Waals surface area contributed by atoms with Crippen LogP contribution in [0.25, 0.3) is 0 Å². The van der Waals surface area contributed by atoms with E-state index < -0.39 is 0 Å². The highest BCUT2D eigenvalue weighted by Crippen LogP contribution is 2.38. The Labute approximate surface area is 143 Å². The number of thiazole rings is 1. The third kappa shape index (κ3) is 3.20. The fourth-order valence-corrected chi connectivity index (χ4v) is 3.77. The number of anilines is 1. The van der Waals surface area contributed by atoms with E-state index in [9.17, 15) is 4.79 Å². The standard InChI is InChI=1S/C16H17ClN2O3S/c1-16(2)13-11(6-7-22-16)18-15(23-13)19-14(20)10-8-9(17)4-5-12(10)21-3/h4-5,8H,6-7H2,1-3H3,(H,18,19,20). The predicted octanol–water partition coefficient (Wildman–Crippen LogP) is 3.87. The lowest BCUT2D eigenvalue weighted by Crippen LogP contribution is -2.27. The van der Waals surface area contributed by atoms with Gasteiger partial charge in [-0.15, -0.1) is 0 Å². The summed E-state index contributed by atoms with van der Waals surface area (Å²) < 4.78 is 11.0. The van der Waals surface area contributed by atoms with Gasteiger partial charge >= 0.3 is 0 Å². The summed E-state index contributed by atoms with van der Waals surface area (Å²) in [6.07, 6.45) is 0.756. The molecule has 0 saturated carbocycles. The van der Waals surface area contributed by atoms with Crippen LogP contribution in [0.1, 0.15) is 34.8 Å². The monoisotopic (exact) mass is 352 g/mol. The maximum atomic E-state index is 12.5. The van der Waals surface area contributed by atoms with E-state index >= 15 is 0 Å². The van der Waals surface area contributed by atoms with Gasteiger partial charge < -0.3 is 9.47 Å². The lowest BCUT2D eigenvalue weighted by atomic mass is 10.0. The Morgan fingerprint density at radius 1 is 1.48 bits per heavy atom. The van der Waals surface area contributed by atoms with Gasteiger partial charge in [-0.2, -0.15) is 0 Å². The van der Waals surface area contributed by atoms with Crippen LogP contribution in [0.4, 0.5) is 5.13 Å². The quantitative estimate of drug-likeness (QED) is 0.911. The van der Waals surface area contributed by atoms with E-state index in [0.717, 1.165) is 17.0 Å². The van der Waals surface area contributed by atoms with E-state index in [1.807, 2.05) is 13.8 Å². The Bertz CT molecular complexity index is 758. The van der Waals surface area contributed by atoms with Crippen molar-refractivity contribution in [3.05, 3.63) is 39.4 Å². The van der Waals surface area contributed by atoms with Crippen molar-refractivity contribution in [2.45, 2.75) is 25.9 Å². The zero-order valence-electron chi connectivity index (χ0n) is 13.1. The molecule has 1 amide bonds. The van der Waals surface area contributed by atoms with Crippen molar-refractivity contribution in [2.75, 3.05) is 19.0 Å². The number of fused-ring (bicyclic) bond motifs is 1. The smallest absolute Gasteiger partial charge is 0.261 e. The van der Waals surface area contributed by atoms with Gasteiger partial charge in [0.2, 0.25) is 0 Å². The molecule has 5 nitrogen and oxygen atoms in total. The van der Waals surface area contributed by atoms with E-state index in [1.54, 1.807) is 18.2 Å². The van der Waals surface area contributed by atoms with Crippen LogP contribution >= 0.6 is 22.9 Å². The molecule has 2 aromatic rings. The summed E-state index contributed by atoms with van der Waals surface area (Å²) in [4.78, 5) is 18.1. The second-order valence-corrected chi connectivity index (χ2v) is 7.14. The molecule has 2 heterocycles. The molecule has 0 bridgehead atoms. The molecular weight excluding hydrogens is 336 g/mol. The molecule has 3 rings (SSSR count). The van der Waals surface area contributed by atoms with Crippen molar-refractivity contribution in [3.63, 3.8) is 0 Å². The van der Waals surface area contributed by atoms with Gasteiger partial charge in [-0.3, -0.25) is 10.1 Å². The molecule has 23 heavy (non-hydrogen) atoms. The number of methoxy groups -OCH3 is 1. The fraction of sp³-hybridized carbons (Fsp3) is 0.375. The average molecular weight is 353 g/mol. The van der Waals surface area contributed by atoms with Crippen LogP contribution in [-0.2, 0) is 16.8 Å². The van der Waals surface area contributed by atoms with Crippen LogP contribution in [0.2, 0.25) is 5.02 Å². The van der Waals surface area contributed by atoms with Gasteiger partial charge in [0, 0.05) is 11.4 Å². The highest BCUT2D eigenvalue weighted by atomic mass is 35.5. The second-order valence-electron chi connectivity index (χ2n) is 5.70. The number of ether oxygens (including phenoxy) is 2. The van der Waals surface area contributed by atoms with Gasteiger partial charge in [0.1, 0.15) is 5.75 Å². The Morgan fingerprint density at radius 2 is 2.26 bits per heavy atom. The average Bonchev–Trinajstić information content (AvgIpc) is 2.91. The molecule has 0 spiro atoms. The summed E-state index contributed by atoms with van der Waals surface area (Å²) in [5.74, 6) is 0.172. The summed E-state index contributed by atoms with van der Waals surface area (Å²) in [5, 5.41) is 3.86. The molecule has 1 aromatic heterocycles. The number of carbonyl (C=O) groups excluding carboxylic acids is 1. The Morgan fingerprint density at radius 3 is 2.96 bits per heavy atom. The Kier molecular flexibility index (Phi) is 4.31. The highest BCUT2D eigenvalue weighted by Gasteiger charge is 2.32. The van der Waals surface area contributed by atoms with Crippen LogP contribution in [0.15, 0.2) is 18.2 Å². The van der Waals surface area contributed by atoms with Crippen molar-refractivity contribution in [2.24, 2.45) is 0 Å². The highest BCUT2D eigenvalue weighted by molar-refractivity contribution is 7.16. The Balaban J connectivity index is 1.87. The van der Waals surface area contributed by atoms with Gasteiger partial charge in [0.25, 0.3) is 5.91 Å². The maximum Gasteiger partial charge on any atom is 0.261 e. The first-order valence-electron chi connectivity index (χ1n) is 7.20. The fourth-order valence-electron chi connectivity index (χ4n) is 2.54. The normalized spacial score (nSPS) is 15.8. The number of nitrogens with zero attached hydrogens (tertiary/aromatic N) is 1. The summed E-state index contributed by atoms with van der Waals surface area (Å²) >= 11 is 7.42. The van der Waals surface area contributed by atoms with Gasteiger partial charge in [-0.1, -0.05) is 22.9 Å². The molecule has 1 aromatic carbocycles. The predicted molar refractivity (Wildman–Crippen MR) is 90.8 cm³/mol. The van der Waals surface area contributed by atoms with Crippen molar-refractivity contribution in [1.82, 2.24) is 4.98 Å². The zero-order valence-corrected chi connectivity index (χ0v) is 14.7. The van der Waals surface area contributed by atoms with Gasteiger partial charge in [-0.05, 0) is 32.0 Å². The van der Waals surface area contributed by atoms with E-state index in [0.29, 0.717) is 28.1 Å². The van der Waals surface area contributed by atoms with Crippen LogP contribution in [-0.4, -0.2) is 24.6 Å². The molecule has 0 unspecified atom stereocenters. The molecule has 1 N–H and O–H groups in total. The van der Waals surface area contributed by atoms with E-state index in [2.05, 4.69) is 10.3 Å². The topological polar surface area (TPSA) is 60.5 Å². The molecule has 0 saturated heterocycles. The van der Waals surface area contributed by atoms with Gasteiger partial charge in [0.15, 0.2) is 5.13 Å². The summed E-state index contributed by atoms with van der Waals surface area (Å²) in [6, 6.07) is 4.93. The second kappa shape index (κ2) is 6.11. The third-order valence-corrected chi connectivity index (χ3v) is 5.23. The molecule has 0 aliphatic carbocycles. The van der Waals surface area contributed by atoms with Crippen LogP contribution in [0.3, 0.4) is 0 Å². The summed E-state index contributed by atoms with van der Waals surface area (Å²) in [7, 11) is 1.52. The number of halogens is 1. The minimum absolute atomic E-state index is 0.297. The molecule has 1 aliphatic heterocycles. The first-order chi connectivity index (χ1) is 10.9. The van der Waals surface area contributed by atoms with Crippen LogP contribution in [0, 0.1) is 0 Å². The molecule has 0 radical (unpaired) electrons. The molecule has 1 aliphatic rings. The van der Waals surface area contributed by atoms with Crippen molar-refractivity contribution >= 4 is 34.0 Å². The van der Waals surface area contributed by atoms with Crippen LogP contribution in [0.5, 0.6) is 5.75 Å². The third-order valence-electron chi connectivity index (χ3n) is 3.67. The number of benzene rings is 1. The maximum absolute atomic E-state index is 12.5. The Hall–Kier alpha value is -1.63. The molecule has 122 valence electrons. The molecule has 0 atom stereocenters. The number of aromatic nitrogens is 1. The lowest BCUT2D eigenvalue weighted by Gasteiger charge is -2.28. The summed E-state index contributed by atoms with van der Waals surface area (Å²) in [5.41, 5.74) is 0.991. The minimum Gasteiger partial charge on any atom is -0.496 e. The SMILES string of the molecule is COc1ccc(Cl)cc1C(=O)Nc1nc2c(s1)C(C)(C)OCC2. The van der Waals surface area contributed by atoms with Crippen molar-refractivity contribution < 1.29 is 14.3 Å². The number of carbonyl (C=O) groups is 1. The van der Waals surface area contributed by atoms with Crippen LogP contribution < -0.4 is 10.1 Å². The minimum atomic E-state index is -0.373. The number of rotatable bonds is 3. The molecule has 7 heteroatoms. The number of hydrogen-bond acceptors (Lipinski definition) is 5. The number of hydrogen-bond donors (Lipinski definition) is 1. The van der Waals surface area contributed by atoms with Crippen molar-refractivity contribution in [1.29, 1.82) is 0 Å². The van der Waals surface area contributed by atoms with Crippen molar-refractivity contribution in [3.8, 4) is 5.75 Å². The van der Waals surface area contributed by atoms with Gasteiger partial charge in [-0.25, -0.2) is 4.98 Å². The zero-order chi connectivity index (χ0) is 16.6.